The molecule has 1 heterocycles. The number of carbonyl (C=O) groups excluding carboxylic acids is 6. The fraction of sp³-hybridized carbons (Fsp3) is 0.625. The summed E-state index contributed by atoms with van der Waals surface area (Å²) in [5.41, 5.74) is 0.173. The molecule has 0 bridgehead atoms. The third-order valence-corrected chi connectivity index (χ3v) is 11.0. The molecule has 1 aliphatic heterocycles. The van der Waals surface area contributed by atoms with Crippen molar-refractivity contribution in [1.29, 1.82) is 0 Å². The van der Waals surface area contributed by atoms with Gasteiger partial charge in [0.2, 0.25) is 35.4 Å². The lowest BCUT2D eigenvalue weighted by atomic mass is 9.76. The van der Waals surface area contributed by atoms with E-state index in [-0.39, 0.29) is 86.0 Å². The van der Waals surface area contributed by atoms with Crippen LogP contribution >= 0.6 is 11.8 Å². The molecule has 1 unspecified atom stereocenters. The molecule has 306 valence electrons. The number of hydrogen-bond donors (Lipinski definition) is 5. The summed E-state index contributed by atoms with van der Waals surface area (Å²) in [6.07, 6.45) is 2.12. The van der Waals surface area contributed by atoms with Gasteiger partial charge in [-0.2, -0.15) is 0 Å². The minimum Gasteiger partial charge on any atom is -0.481 e. The first-order valence-electron chi connectivity index (χ1n) is 18.8. The molecule has 0 radical (unpaired) electrons. The summed E-state index contributed by atoms with van der Waals surface area (Å²) in [5, 5.41) is 19.9. The van der Waals surface area contributed by atoms with Crippen molar-refractivity contribution in [2.24, 2.45) is 11.3 Å². The number of rotatable bonds is 21. The molecule has 1 saturated heterocycles. The number of hydrogen-bond acceptors (Lipinski definition) is 9. The summed E-state index contributed by atoms with van der Waals surface area (Å²) < 4.78 is 0. The molecule has 6 amide bonds. The quantitative estimate of drug-likeness (QED) is 0.0703. The molecule has 1 aromatic rings. The van der Waals surface area contributed by atoms with Gasteiger partial charge in [-0.3, -0.25) is 38.5 Å². The van der Waals surface area contributed by atoms with Gasteiger partial charge < -0.3 is 31.3 Å². The third-order valence-electron chi connectivity index (χ3n) is 9.81. The van der Waals surface area contributed by atoms with E-state index < -0.39 is 40.2 Å². The molecule has 1 aromatic carbocycles. The topological polar surface area (TPSA) is 194 Å². The van der Waals surface area contributed by atoms with Crippen molar-refractivity contribution < 1.29 is 38.7 Å². The molecule has 0 spiro atoms. The van der Waals surface area contributed by atoms with Gasteiger partial charge in [-0.25, -0.2) is 0 Å². The summed E-state index contributed by atoms with van der Waals surface area (Å²) >= 11 is 1.15. The van der Waals surface area contributed by atoms with Crippen molar-refractivity contribution in [3.63, 3.8) is 0 Å². The molecule has 0 aromatic heterocycles. The lowest BCUT2D eigenvalue weighted by Gasteiger charge is -2.40. The van der Waals surface area contributed by atoms with E-state index in [1.54, 1.807) is 32.0 Å². The van der Waals surface area contributed by atoms with E-state index in [0.29, 0.717) is 12.0 Å². The Morgan fingerprint density at radius 3 is 2.18 bits per heavy atom. The van der Waals surface area contributed by atoms with E-state index in [0.717, 1.165) is 22.2 Å². The molecular weight excluding hydrogens is 725 g/mol. The van der Waals surface area contributed by atoms with E-state index in [4.69, 9.17) is 5.11 Å². The second-order valence-electron chi connectivity index (χ2n) is 16.0. The molecule has 15 heteroatoms. The van der Waals surface area contributed by atoms with Crippen molar-refractivity contribution in [2.75, 3.05) is 39.5 Å². The SMILES string of the molecule is CN[C@H](C(=O)N[C@H](C(=O)N(C)[C@H](/C=C(\C)C(=O)NCCCC(=O)NCCN1C(=O)CC(SCCC(=O)O)C1=O)C(C)C)C(C)(C)C)C(C)(C)c1ccccc1. The van der Waals surface area contributed by atoms with Crippen molar-refractivity contribution in [3.05, 3.63) is 47.5 Å². The standard InChI is InChI=1S/C40H62N6O8S/c1-25(2)28(45(10)38(54)34(39(4,5)6)44-36(52)33(41-9)40(7,8)27-15-12-11-13-16-27)23-26(3)35(51)43-19-14-17-30(47)42-20-21-46-31(48)24-29(37(46)53)55-22-18-32(49)50/h11-13,15-16,23,25,28-29,33-34,41H,14,17-22,24H2,1-10H3,(H,42,47)(H,43,51)(H,44,52)(H,49,50)/b26-23+/t28-,29?,33-,34-/m1/s1. The van der Waals surface area contributed by atoms with E-state index >= 15 is 0 Å². The molecule has 0 aliphatic carbocycles. The molecular formula is C40H62N6O8S. The second-order valence-corrected chi connectivity index (χ2v) is 17.3. The Balaban J connectivity index is 1.94. The Morgan fingerprint density at radius 1 is 0.982 bits per heavy atom. The van der Waals surface area contributed by atoms with Gasteiger partial charge in [0.1, 0.15) is 6.04 Å². The zero-order chi connectivity index (χ0) is 41.7. The number of amides is 6. The molecule has 14 nitrogen and oxygen atoms in total. The van der Waals surface area contributed by atoms with Crippen LogP contribution in [0.15, 0.2) is 42.0 Å². The molecule has 1 aliphatic rings. The number of nitrogens with zero attached hydrogens (tertiary/aromatic N) is 2. The van der Waals surface area contributed by atoms with E-state index in [9.17, 15) is 33.6 Å². The lowest BCUT2D eigenvalue weighted by molar-refractivity contribution is -0.141. The summed E-state index contributed by atoms with van der Waals surface area (Å²) in [4.78, 5) is 91.6. The first-order chi connectivity index (χ1) is 25.6. The number of nitrogens with one attached hydrogen (secondary N) is 4. The van der Waals surface area contributed by atoms with Gasteiger partial charge in [-0.1, -0.05) is 84.9 Å². The smallest absolute Gasteiger partial charge is 0.304 e. The number of likely N-dealkylation sites (N-methyl/N-ethyl adjacent to an activating group) is 2. The van der Waals surface area contributed by atoms with Gasteiger partial charge >= 0.3 is 5.97 Å². The Morgan fingerprint density at radius 2 is 1.62 bits per heavy atom. The number of carboxylic acid groups (broad SMARTS) is 1. The third kappa shape index (κ3) is 13.8. The fourth-order valence-electron chi connectivity index (χ4n) is 6.45. The monoisotopic (exact) mass is 786 g/mol. The number of carbonyl (C=O) groups is 7. The summed E-state index contributed by atoms with van der Waals surface area (Å²) in [7, 11) is 3.41. The first kappa shape index (κ1) is 46.9. The minimum atomic E-state index is -0.969. The lowest BCUT2D eigenvalue weighted by Crippen LogP contribution is -2.61. The van der Waals surface area contributed by atoms with Gasteiger partial charge in [0.25, 0.3) is 0 Å². The van der Waals surface area contributed by atoms with Crippen LogP contribution in [0.25, 0.3) is 0 Å². The number of carboxylic acids is 1. The fourth-order valence-corrected chi connectivity index (χ4v) is 7.56. The molecule has 4 atom stereocenters. The maximum atomic E-state index is 14.2. The van der Waals surface area contributed by atoms with Crippen LogP contribution in [0.3, 0.4) is 0 Å². The highest BCUT2D eigenvalue weighted by molar-refractivity contribution is 8.00. The van der Waals surface area contributed by atoms with Crippen LogP contribution in [0.2, 0.25) is 0 Å². The summed E-state index contributed by atoms with van der Waals surface area (Å²) in [6, 6.07) is 7.80. The Kier molecular flexibility index (Phi) is 18.1. The Labute approximate surface area is 330 Å². The van der Waals surface area contributed by atoms with Crippen LogP contribution in [0.1, 0.15) is 86.6 Å². The van der Waals surface area contributed by atoms with Gasteiger partial charge in [0.05, 0.1) is 23.8 Å². The van der Waals surface area contributed by atoms with Gasteiger partial charge in [0.15, 0.2) is 0 Å². The average Bonchev–Trinajstić information content (AvgIpc) is 3.37. The largest absolute Gasteiger partial charge is 0.481 e. The summed E-state index contributed by atoms with van der Waals surface area (Å²) in [6.45, 7) is 15.6. The van der Waals surface area contributed by atoms with Crippen LogP contribution in [0.4, 0.5) is 0 Å². The number of benzene rings is 1. The van der Waals surface area contributed by atoms with Crippen molar-refractivity contribution in [1.82, 2.24) is 31.1 Å². The number of imide groups is 1. The maximum Gasteiger partial charge on any atom is 0.304 e. The second kappa shape index (κ2) is 21.2. The molecule has 5 N–H and O–H groups in total. The van der Waals surface area contributed by atoms with E-state index in [1.165, 1.54) is 0 Å². The van der Waals surface area contributed by atoms with Crippen LogP contribution in [0, 0.1) is 11.3 Å². The zero-order valence-corrected chi connectivity index (χ0v) is 34.9. The van der Waals surface area contributed by atoms with Gasteiger partial charge in [0, 0.05) is 56.3 Å². The van der Waals surface area contributed by atoms with Crippen LogP contribution in [0.5, 0.6) is 0 Å². The predicted octanol–water partition coefficient (Wildman–Crippen LogP) is 2.86. The van der Waals surface area contributed by atoms with Gasteiger partial charge in [-0.05, 0) is 37.3 Å². The average molecular weight is 787 g/mol. The maximum absolute atomic E-state index is 14.2. The number of thioether (sulfide) groups is 1. The Hall–Kier alpha value is -4.24. The predicted molar refractivity (Wildman–Crippen MR) is 214 cm³/mol. The van der Waals surface area contributed by atoms with Crippen LogP contribution in [-0.4, -0.2) is 119 Å². The Bertz CT molecular complexity index is 1560. The normalized spacial score (nSPS) is 16.7. The highest BCUT2D eigenvalue weighted by Crippen LogP contribution is 2.29. The minimum absolute atomic E-state index is 0.0102. The molecule has 2 rings (SSSR count). The number of aliphatic carboxylic acids is 1. The highest BCUT2D eigenvalue weighted by atomic mass is 32.2. The van der Waals surface area contributed by atoms with Gasteiger partial charge in [-0.15, -0.1) is 11.8 Å². The highest BCUT2D eigenvalue weighted by Gasteiger charge is 2.42. The first-order valence-corrected chi connectivity index (χ1v) is 19.9. The van der Waals surface area contributed by atoms with Crippen molar-refractivity contribution in [2.45, 2.75) is 110 Å². The van der Waals surface area contributed by atoms with E-state index in [2.05, 4.69) is 21.3 Å². The zero-order valence-electron chi connectivity index (χ0n) is 34.1. The number of likely N-dealkylation sites (tertiary alicyclic amines) is 1. The van der Waals surface area contributed by atoms with Crippen molar-refractivity contribution in [3.8, 4) is 0 Å². The van der Waals surface area contributed by atoms with E-state index in [1.807, 2.05) is 78.8 Å². The van der Waals surface area contributed by atoms with Crippen LogP contribution < -0.4 is 21.3 Å². The molecule has 55 heavy (non-hydrogen) atoms. The van der Waals surface area contributed by atoms with Crippen LogP contribution in [-0.2, 0) is 39.0 Å². The molecule has 0 saturated carbocycles. The summed E-state index contributed by atoms with van der Waals surface area (Å²) in [5.74, 6) is -2.74. The molecule has 1 fully saturated rings. The van der Waals surface area contributed by atoms with Crippen molar-refractivity contribution >= 4 is 53.2 Å².